The van der Waals surface area contributed by atoms with Crippen molar-refractivity contribution in [2.75, 3.05) is 43.4 Å². The van der Waals surface area contributed by atoms with Gasteiger partial charge in [-0.25, -0.2) is 0 Å². The number of rotatable bonds is 4. The van der Waals surface area contributed by atoms with Gasteiger partial charge in [0.1, 0.15) is 6.17 Å². The molecule has 32 heavy (non-hydrogen) atoms. The quantitative estimate of drug-likeness (QED) is 0.589. The summed E-state index contributed by atoms with van der Waals surface area (Å²) in [4.78, 5) is 4.65. The van der Waals surface area contributed by atoms with Crippen LogP contribution in [0, 0.1) is 6.92 Å². The Bertz CT molecular complexity index is 1100. The molecule has 1 aromatic heterocycles. The molecule has 1 aliphatic rings. The second-order valence-corrected chi connectivity index (χ2v) is 8.25. The molecule has 1 saturated heterocycles. The topological polar surface area (TPSA) is 70.3 Å². The molecule has 3 N–H and O–H groups in total. The molecule has 6 nitrogen and oxygen atoms in total. The summed E-state index contributed by atoms with van der Waals surface area (Å²) < 4.78 is 39.9. The van der Waals surface area contributed by atoms with Gasteiger partial charge in [0.2, 0.25) is 0 Å². The van der Waals surface area contributed by atoms with Crippen LogP contribution in [0.3, 0.4) is 0 Å². The Morgan fingerprint density at radius 2 is 1.91 bits per heavy atom. The maximum atomic E-state index is 13.3. The van der Waals surface area contributed by atoms with Crippen molar-refractivity contribution in [2.45, 2.75) is 25.7 Å². The van der Waals surface area contributed by atoms with Gasteiger partial charge in [-0.05, 0) is 56.3 Å². The minimum atomic E-state index is -4.44. The summed E-state index contributed by atoms with van der Waals surface area (Å²) in [7, 11) is 2.12. The Morgan fingerprint density at radius 1 is 1.09 bits per heavy atom. The first kappa shape index (κ1) is 22.3. The fourth-order valence-electron chi connectivity index (χ4n) is 4.20. The highest BCUT2D eigenvalue weighted by Gasteiger charge is 2.33. The second kappa shape index (κ2) is 8.91. The monoisotopic (exact) mass is 444 g/mol. The molecular formula is C23H27F3N6. The number of anilines is 2. The predicted octanol–water partition coefficient (Wildman–Crippen LogP) is 4.17. The molecule has 0 amide bonds. The summed E-state index contributed by atoms with van der Waals surface area (Å²) in [5.74, 6) is 0.445. The van der Waals surface area contributed by atoms with Crippen molar-refractivity contribution in [1.82, 2.24) is 15.1 Å². The van der Waals surface area contributed by atoms with Crippen LogP contribution in [-0.2, 0) is 6.18 Å². The van der Waals surface area contributed by atoms with Crippen LogP contribution in [0.4, 0.5) is 24.7 Å². The van der Waals surface area contributed by atoms with Gasteiger partial charge in [-0.2, -0.15) is 18.3 Å². The molecule has 1 aliphatic heterocycles. The number of hydrogen-bond donors (Lipinski definition) is 2. The van der Waals surface area contributed by atoms with E-state index >= 15 is 0 Å². The Morgan fingerprint density at radius 3 is 2.69 bits per heavy atom. The van der Waals surface area contributed by atoms with Crippen molar-refractivity contribution in [1.29, 1.82) is 0 Å². The van der Waals surface area contributed by atoms with Crippen LogP contribution in [0.1, 0.15) is 29.3 Å². The summed E-state index contributed by atoms with van der Waals surface area (Å²) in [5, 5.41) is 13.0. The van der Waals surface area contributed by atoms with Crippen LogP contribution in [0.5, 0.6) is 0 Å². The van der Waals surface area contributed by atoms with Gasteiger partial charge in [0, 0.05) is 36.1 Å². The van der Waals surface area contributed by atoms with Crippen LogP contribution in [0.2, 0.25) is 0 Å². The van der Waals surface area contributed by atoms with Gasteiger partial charge in [-0.15, -0.1) is 5.10 Å². The average molecular weight is 445 g/mol. The van der Waals surface area contributed by atoms with Gasteiger partial charge in [0.05, 0.1) is 11.8 Å². The number of benzene rings is 2. The molecule has 9 heteroatoms. The maximum Gasteiger partial charge on any atom is 0.416 e. The van der Waals surface area contributed by atoms with E-state index in [9.17, 15) is 13.2 Å². The van der Waals surface area contributed by atoms with Gasteiger partial charge in [0.25, 0.3) is 0 Å². The normalized spacial score (nSPS) is 16.8. The van der Waals surface area contributed by atoms with Crippen molar-refractivity contribution < 1.29 is 13.2 Å². The molecule has 0 spiro atoms. The highest BCUT2D eigenvalue weighted by atomic mass is 19.4. The molecule has 1 fully saturated rings. The van der Waals surface area contributed by atoms with E-state index in [-0.39, 0.29) is 5.56 Å². The molecule has 3 aromatic rings. The lowest BCUT2D eigenvalue weighted by molar-refractivity contribution is -0.138. The van der Waals surface area contributed by atoms with Crippen molar-refractivity contribution in [3.05, 3.63) is 59.3 Å². The third-order valence-electron chi connectivity index (χ3n) is 6.04. The zero-order valence-corrected chi connectivity index (χ0v) is 18.2. The van der Waals surface area contributed by atoms with E-state index in [1.165, 1.54) is 13.0 Å². The largest absolute Gasteiger partial charge is 0.416 e. The number of halogens is 3. The lowest BCUT2D eigenvalue weighted by Gasteiger charge is -2.24. The molecule has 0 unspecified atom stereocenters. The molecule has 170 valence electrons. The van der Waals surface area contributed by atoms with Crippen molar-refractivity contribution in [3.63, 3.8) is 0 Å². The molecule has 2 heterocycles. The van der Waals surface area contributed by atoms with Gasteiger partial charge in [-0.1, -0.05) is 18.2 Å². The summed E-state index contributed by atoms with van der Waals surface area (Å²) in [5.41, 5.74) is 7.14. The Kier molecular flexibility index (Phi) is 6.21. The van der Waals surface area contributed by atoms with Crippen molar-refractivity contribution >= 4 is 22.3 Å². The lowest BCUT2D eigenvalue weighted by atomic mass is 10.00. The van der Waals surface area contributed by atoms with E-state index in [0.29, 0.717) is 11.4 Å². The zero-order valence-electron chi connectivity index (χ0n) is 18.2. The molecule has 0 aliphatic carbocycles. The van der Waals surface area contributed by atoms with E-state index in [1.54, 1.807) is 12.3 Å². The third kappa shape index (κ3) is 4.63. The predicted molar refractivity (Wildman–Crippen MR) is 121 cm³/mol. The number of alkyl halides is 3. The number of nitrogens with two attached hydrogens (primary N) is 1. The smallest absolute Gasteiger partial charge is 0.370 e. The standard InChI is InChI=1S/C23H27F3N6/c1-15-18(5-3-6-20(15)23(24,25)26)21(27)29-22-19-13-17(8-7-16(19)14-28-30-22)32-10-4-9-31(2)11-12-32/h3,5-8,13-14,21H,4,9-12,27H2,1-2H3,(H,29,30)/t21-/m0/s1. The second-order valence-electron chi connectivity index (χ2n) is 8.25. The van der Waals surface area contributed by atoms with E-state index in [0.717, 1.165) is 55.1 Å². The fraction of sp³-hybridized carbons (Fsp3) is 0.391. The Hall–Kier alpha value is -2.91. The highest BCUT2D eigenvalue weighted by molar-refractivity contribution is 5.93. The first-order valence-electron chi connectivity index (χ1n) is 10.6. The van der Waals surface area contributed by atoms with E-state index in [2.05, 4.69) is 38.4 Å². The van der Waals surface area contributed by atoms with Gasteiger partial charge < -0.3 is 20.9 Å². The van der Waals surface area contributed by atoms with Gasteiger partial charge in [0.15, 0.2) is 5.82 Å². The fourth-order valence-corrected chi connectivity index (χ4v) is 4.20. The van der Waals surface area contributed by atoms with E-state index in [4.69, 9.17) is 5.73 Å². The Balaban J connectivity index is 1.65. The number of aromatic nitrogens is 2. The molecule has 2 aromatic carbocycles. The van der Waals surface area contributed by atoms with Crippen LogP contribution in [-0.4, -0.2) is 48.3 Å². The summed E-state index contributed by atoms with van der Waals surface area (Å²) >= 11 is 0. The summed E-state index contributed by atoms with van der Waals surface area (Å²) in [6.45, 7) is 5.36. The molecular weight excluding hydrogens is 417 g/mol. The van der Waals surface area contributed by atoms with Gasteiger partial charge in [-0.3, -0.25) is 0 Å². The van der Waals surface area contributed by atoms with Crippen molar-refractivity contribution in [2.24, 2.45) is 5.73 Å². The molecule has 1 atom stereocenters. The molecule has 0 radical (unpaired) electrons. The number of nitrogens with one attached hydrogen (secondary N) is 1. The Labute approximate surface area is 185 Å². The third-order valence-corrected chi connectivity index (χ3v) is 6.04. The molecule has 4 rings (SSSR count). The SMILES string of the molecule is Cc1c([C@@H](N)Nc2nncc3ccc(N4CCCN(C)CC4)cc23)cccc1C(F)(F)F. The number of fused-ring (bicyclic) bond motifs is 1. The number of likely N-dealkylation sites (N-methyl/N-ethyl adjacent to an activating group) is 1. The van der Waals surface area contributed by atoms with Crippen LogP contribution < -0.4 is 16.0 Å². The lowest BCUT2D eigenvalue weighted by Crippen LogP contribution is -2.28. The maximum absolute atomic E-state index is 13.3. The minimum Gasteiger partial charge on any atom is -0.370 e. The average Bonchev–Trinajstić information content (AvgIpc) is 2.97. The molecule has 0 bridgehead atoms. The summed E-state index contributed by atoms with van der Waals surface area (Å²) in [6.07, 6.45) is -2.56. The number of hydrogen-bond acceptors (Lipinski definition) is 6. The number of nitrogens with zero attached hydrogens (tertiary/aromatic N) is 4. The van der Waals surface area contributed by atoms with E-state index < -0.39 is 17.9 Å². The van der Waals surface area contributed by atoms with Crippen LogP contribution in [0.15, 0.2) is 42.6 Å². The summed E-state index contributed by atoms with van der Waals surface area (Å²) in [6, 6.07) is 10.1. The van der Waals surface area contributed by atoms with Crippen molar-refractivity contribution in [3.8, 4) is 0 Å². The molecule has 0 saturated carbocycles. The van der Waals surface area contributed by atoms with Gasteiger partial charge >= 0.3 is 6.18 Å². The highest BCUT2D eigenvalue weighted by Crippen LogP contribution is 2.35. The minimum absolute atomic E-state index is 0.0996. The van der Waals surface area contributed by atoms with E-state index in [1.807, 2.05) is 12.1 Å². The first-order valence-corrected chi connectivity index (χ1v) is 10.6. The van der Waals surface area contributed by atoms with Crippen LogP contribution >= 0.6 is 0 Å². The van der Waals surface area contributed by atoms with Crippen LogP contribution in [0.25, 0.3) is 10.8 Å². The first-order chi connectivity index (χ1) is 15.2. The zero-order chi connectivity index (χ0) is 22.9.